The van der Waals surface area contributed by atoms with Crippen LogP contribution in [0, 0.1) is 0 Å². The molecule has 0 radical (unpaired) electrons. The molecule has 0 aromatic heterocycles. The Kier molecular flexibility index (Phi) is 8.72. The molecule has 1 aliphatic heterocycles. The molecule has 1 aliphatic rings. The van der Waals surface area contributed by atoms with Gasteiger partial charge in [-0.1, -0.05) is 37.3 Å². The summed E-state index contributed by atoms with van der Waals surface area (Å²) in [5, 5.41) is 14.8. The highest BCUT2D eigenvalue weighted by Crippen LogP contribution is 2.23. The Morgan fingerprint density at radius 3 is 2.59 bits per heavy atom. The van der Waals surface area contributed by atoms with Gasteiger partial charge in [0.05, 0.1) is 17.4 Å². The lowest BCUT2D eigenvalue weighted by molar-refractivity contribution is -0.159. The molecule has 2 amide bonds. The van der Waals surface area contributed by atoms with Crippen LogP contribution in [0.1, 0.15) is 32.8 Å². The molecule has 1 heterocycles. The van der Waals surface area contributed by atoms with E-state index in [4.69, 9.17) is 4.74 Å². The fraction of sp³-hybridized carbons (Fsp3) is 0.476. The highest BCUT2D eigenvalue weighted by atomic mass is 32.2. The molecule has 7 nitrogen and oxygen atoms in total. The van der Waals surface area contributed by atoms with E-state index in [9.17, 15) is 19.5 Å². The summed E-state index contributed by atoms with van der Waals surface area (Å²) >= 11 is 1.43. The van der Waals surface area contributed by atoms with E-state index < -0.39 is 24.0 Å². The Bertz CT molecular complexity index is 738. The molecule has 8 heteroatoms. The van der Waals surface area contributed by atoms with Crippen molar-refractivity contribution in [1.82, 2.24) is 10.2 Å². The molecule has 1 aromatic rings. The Labute approximate surface area is 175 Å². The largest absolute Gasteiger partial charge is 0.461 e. The number of esters is 1. The van der Waals surface area contributed by atoms with Crippen molar-refractivity contribution in [3.8, 4) is 0 Å². The van der Waals surface area contributed by atoms with Crippen LogP contribution in [-0.2, 0) is 25.5 Å². The summed E-state index contributed by atoms with van der Waals surface area (Å²) in [5.41, 5.74) is 0.852. The Morgan fingerprint density at radius 2 is 1.97 bits per heavy atom. The standard InChI is InChI=1S/C21H28N2O5S/c1-4-17-20(26)23(10-11-29-17)13-18(24)22-16(12-15-8-6-5-7-9-15)19(25)21(27)28-14(2)3/h5-11,14,16-17,19,25H,4,12-13H2,1-3H3,(H,22,24)/t16-,17?,19?/m0/s1. The summed E-state index contributed by atoms with van der Waals surface area (Å²) in [6.45, 7) is 5.11. The van der Waals surface area contributed by atoms with E-state index in [1.54, 1.807) is 25.5 Å². The number of hydrogen-bond acceptors (Lipinski definition) is 6. The number of aliphatic hydroxyl groups excluding tert-OH is 1. The molecule has 0 bridgehead atoms. The second-order valence-corrected chi connectivity index (χ2v) is 8.19. The van der Waals surface area contributed by atoms with E-state index >= 15 is 0 Å². The number of aliphatic hydroxyl groups is 1. The number of rotatable bonds is 9. The van der Waals surface area contributed by atoms with E-state index in [1.165, 1.54) is 16.7 Å². The highest BCUT2D eigenvalue weighted by Gasteiger charge is 2.31. The number of thioether (sulfide) groups is 1. The number of nitrogens with zero attached hydrogens (tertiary/aromatic N) is 1. The van der Waals surface area contributed by atoms with Crippen molar-refractivity contribution < 1.29 is 24.2 Å². The normalized spacial score (nSPS) is 18.4. The van der Waals surface area contributed by atoms with Gasteiger partial charge in [0.1, 0.15) is 6.54 Å². The fourth-order valence-electron chi connectivity index (χ4n) is 2.90. The molecular weight excluding hydrogens is 392 g/mol. The van der Waals surface area contributed by atoms with Gasteiger partial charge in [0.25, 0.3) is 0 Å². The molecule has 2 rings (SSSR count). The first-order valence-electron chi connectivity index (χ1n) is 9.66. The van der Waals surface area contributed by atoms with Crippen LogP contribution in [0.4, 0.5) is 0 Å². The molecule has 3 atom stereocenters. The maximum atomic E-state index is 12.6. The predicted octanol–water partition coefficient (Wildman–Crippen LogP) is 1.85. The minimum atomic E-state index is -1.52. The van der Waals surface area contributed by atoms with Gasteiger partial charge in [-0.3, -0.25) is 9.59 Å². The van der Waals surface area contributed by atoms with E-state index in [1.807, 2.05) is 37.3 Å². The number of carbonyl (C=O) groups excluding carboxylic acids is 3. The number of nitrogens with one attached hydrogen (secondary N) is 1. The van der Waals surface area contributed by atoms with Gasteiger partial charge in [0.15, 0.2) is 6.10 Å². The zero-order chi connectivity index (χ0) is 21.4. The first-order chi connectivity index (χ1) is 13.8. The van der Waals surface area contributed by atoms with Crippen molar-refractivity contribution >= 4 is 29.5 Å². The quantitative estimate of drug-likeness (QED) is 0.592. The number of amides is 2. The SMILES string of the molecule is CCC1SC=CN(CC(=O)N[C@@H](Cc2ccccc2)C(O)C(=O)OC(C)C)C1=O. The monoisotopic (exact) mass is 420 g/mol. The minimum absolute atomic E-state index is 0.130. The molecule has 0 saturated carbocycles. The molecular formula is C21H28N2O5S. The van der Waals surface area contributed by atoms with Gasteiger partial charge in [0, 0.05) is 6.20 Å². The average molecular weight is 421 g/mol. The molecule has 2 unspecified atom stereocenters. The first-order valence-corrected chi connectivity index (χ1v) is 10.6. The smallest absolute Gasteiger partial charge is 0.337 e. The fourth-order valence-corrected chi connectivity index (χ4v) is 3.76. The van der Waals surface area contributed by atoms with E-state index in [0.29, 0.717) is 6.42 Å². The zero-order valence-corrected chi connectivity index (χ0v) is 17.7. The summed E-state index contributed by atoms with van der Waals surface area (Å²) in [4.78, 5) is 38.5. The lowest BCUT2D eigenvalue weighted by Crippen LogP contribution is -2.52. The Hall–Kier alpha value is -2.32. The molecule has 2 N–H and O–H groups in total. The zero-order valence-electron chi connectivity index (χ0n) is 16.9. The summed E-state index contributed by atoms with van der Waals surface area (Å²) in [6, 6.07) is 8.35. The first kappa shape index (κ1) is 23.0. The van der Waals surface area contributed by atoms with E-state index in [2.05, 4.69) is 5.32 Å². The van der Waals surface area contributed by atoms with Crippen molar-refractivity contribution in [2.24, 2.45) is 0 Å². The van der Waals surface area contributed by atoms with E-state index in [0.717, 1.165) is 5.56 Å². The maximum Gasteiger partial charge on any atom is 0.337 e. The molecule has 0 spiro atoms. The predicted molar refractivity (Wildman–Crippen MR) is 112 cm³/mol. The molecule has 0 fully saturated rings. The minimum Gasteiger partial charge on any atom is -0.461 e. The second-order valence-electron chi connectivity index (χ2n) is 7.08. The summed E-state index contributed by atoms with van der Waals surface area (Å²) < 4.78 is 5.09. The van der Waals surface area contributed by atoms with Gasteiger partial charge < -0.3 is 20.1 Å². The van der Waals surface area contributed by atoms with Crippen LogP contribution in [0.5, 0.6) is 0 Å². The van der Waals surface area contributed by atoms with Crippen LogP contribution in [0.3, 0.4) is 0 Å². The summed E-state index contributed by atoms with van der Waals surface area (Å²) in [5.74, 6) is -1.38. The van der Waals surface area contributed by atoms with Gasteiger partial charge >= 0.3 is 5.97 Å². The Balaban J connectivity index is 2.08. The molecule has 0 aliphatic carbocycles. The van der Waals surface area contributed by atoms with Crippen LogP contribution in [0.25, 0.3) is 0 Å². The van der Waals surface area contributed by atoms with Gasteiger partial charge in [-0.25, -0.2) is 4.79 Å². The summed E-state index contributed by atoms with van der Waals surface area (Å²) in [6.07, 6.45) is 0.590. The Morgan fingerprint density at radius 1 is 1.28 bits per heavy atom. The third-order valence-corrected chi connectivity index (χ3v) is 5.49. The van der Waals surface area contributed by atoms with Crippen molar-refractivity contribution in [3.63, 3.8) is 0 Å². The van der Waals surface area contributed by atoms with Gasteiger partial charge in [-0.2, -0.15) is 0 Å². The third-order valence-electron chi connectivity index (χ3n) is 4.35. The lowest BCUT2D eigenvalue weighted by Gasteiger charge is -2.28. The van der Waals surface area contributed by atoms with Gasteiger partial charge in [0.2, 0.25) is 11.8 Å². The highest BCUT2D eigenvalue weighted by molar-refractivity contribution is 8.03. The maximum absolute atomic E-state index is 12.6. The topological polar surface area (TPSA) is 95.9 Å². The van der Waals surface area contributed by atoms with Crippen molar-refractivity contribution in [1.29, 1.82) is 0 Å². The molecule has 158 valence electrons. The molecule has 0 saturated heterocycles. The molecule has 1 aromatic carbocycles. The van der Waals surface area contributed by atoms with Crippen LogP contribution in [-0.4, -0.2) is 57.8 Å². The van der Waals surface area contributed by atoms with Crippen molar-refractivity contribution in [2.45, 2.75) is 57.1 Å². The van der Waals surface area contributed by atoms with Crippen LogP contribution >= 0.6 is 11.8 Å². The van der Waals surface area contributed by atoms with E-state index in [-0.39, 0.29) is 30.2 Å². The lowest BCUT2D eigenvalue weighted by atomic mass is 10.0. The van der Waals surface area contributed by atoms with Crippen molar-refractivity contribution in [3.05, 3.63) is 47.5 Å². The second kappa shape index (κ2) is 11.0. The third kappa shape index (κ3) is 6.90. The number of ether oxygens (including phenoxy) is 1. The van der Waals surface area contributed by atoms with Gasteiger partial charge in [-0.05, 0) is 37.7 Å². The number of carbonyl (C=O) groups is 3. The number of hydrogen-bond donors (Lipinski definition) is 2. The van der Waals surface area contributed by atoms with Crippen LogP contribution in [0.15, 0.2) is 41.9 Å². The number of benzene rings is 1. The van der Waals surface area contributed by atoms with Gasteiger partial charge in [-0.15, -0.1) is 11.8 Å². The van der Waals surface area contributed by atoms with Crippen LogP contribution in [0.2, 0.25) is 0 Å². The van der Waals surface area contributed by atoms with Crippen LogP contribution < -0.4 is 5.32 Å². The average Bonchev–Trinajstić information content (AvgIpc) is 2.68. The molecule has 29 heavy (non-hydrogen) atoms. The summed E-state index contributed by atoms with van der Waals surface area (Å²) in [7, 11) is 0. The van der Waals surface area contributed by atoms with Crippen molar-refractivity contribution in [2.75, 3.05) is 6.54 Å².